The van der Waals surface area contributed by atoms with E-state index in [1.165, 1.54) is 109 Å². The number of carbonyl (C=O) groups excluding carboxylic acids is 2. The summed E-state index contributed by atoms with van der Waals surface area (Å²) in [5, 5.41) is 0. The quantitative estimate of drug-likeness (QED) is 0.0273. The molecule has 0 heterocycles. The van der Waals surface area contributed by atoms with E-state index in [4.69, 9.17) is 19.3 Å². The van der Waals surface area contributed by atoms with Crippen LogP contribution in [0.2, 0.25) is 0 Å². The van der Waals surface area contributed by atoms with Crippen molar-refractivity contribution in [1.29, 1.82) is 0 Å². The first-order valence-electron chi connectivity index (χ1n) is 21.9. The van der Waals surface area contributed by atoms with Gasteiger partial charge >= 0.3 is 19.8 Å². The number of phosphoric acid groups is 1. The lowest BCUT2D eigenvalue weighted by atomic mass is 10.1. The maximum atomic E-state index is 12.4. The summed E-state index contributed by atoms with van der Waals surface area (Å²) in [5.41, 5.74) is 0. The number of phosphoric ester groups is 1. The lowest BCUT2D eigenvalue weighted by Crippen LogP contribution is -2.29. The molecule has 0 aromatic heterocycles. The lowest BCUT2D eigenvalue weighted by Gasteiger charge is -2.18. The van der Waals surface area contributed by atoms with Crippen LogP contribution in [0.25, 0.3) is 0 Å². The summed E-state index contributed by atoms with van der Waals surface area (Å²) in [6, 6.07) is 0. The molecule has 0 saturated carbocycles. The van der Waals surface area contributed by atoms with Gasteiger partial charge in [0, 0.05) is 12.8 Å². The number of allylic oxidation sites excluding steroid dienone is 8. The number of carbonyl (C=O) groups is 2. The summed E-state index contributed by atoms with van der Waals surface area (Å²) in [6.45, 7) is 3.64. The minimum Gasteiger partial charge on any atom is -0.462 e. The molecule has 0 spiro atoms. The van der Waals surface area contributed by atoms with Crippen LogP contribution in [0, 0.1) is 0 Å². The second kappa shape index (κ2) is 40.7. The van der Waals surface area contributed by atoms with Gasteiger partial charge in [-0.25, -0.2) is 4.57 Å². The topological polar surface area (TPSA) is 119 Å². The Bertz CT molecular complexity index is 1020. The lowest BCUT2D eigenvalue weighted by molar-refractivity contribution is -0.161. The summed E-state index contributed by atoms with van der Waals surface area (Å²) in [5.74, 6) is -0.910. The van der Waals surface area contributed by atoms with Gasteiger partial charge in [-0.05, 0) is 77.0 Å². The van der Waals surface area contributed by atoms with E-state index < -0.39 is 32.5 Å². The Hall–Kier alpha value is -1.99. The Morgan fingerprint density at radius 1 is 0.481 bits per heavy atom. The highest BCUT2D eigenvalue weighted by molar-refractivity contribution is 7.46. The van der Waals surface area contributed by atoms with E-state index in [-0.39, 0.29) is 19.4 Å². The predicted molar refractivity (Wildman–Crippen MR) is 225 cm³/mol. The van der Waals surface area contributed by atoms with E-state index in [2.05, 4.69) is 67.0 Å². The number of esters is 2. The second-order valence-corrected chi connectivity index (χ2v) is 15.9. The van der Waals surface area contributed by atoms with Gasteiger partial charge in [0.25, 0.3) is 0 Å². The average Bonchev–Trinajstić information content (AvgIpc) is 3.14. The smallest absolute Gasteiger partial charge is 0.462 e. The molecule has 9 heteroatoms. The Labute approximate surface area is 331 Å². The number of rotatable bonds is 40. The van der Waals surface area contributed by atoms with Crippen molar-refractivity contribution < 1.29 is 37.9 Å². The maximum Gasteiger partial charge on any atom is 0.469 e. The molecule has 0 saturated heterocycles. The minimum absolute atomic E-state index is 0.185. The largest absolute Gasteiger partial charge is 0.469 e. The molecule has 2 N–H and O–H groups in total. The van der Waals surface area contributed by atoms with Gasteiger partial charge in [-0.15, -0.1) is 0 Å². The van der Waals surface area contributed by atoms with Gasteiger partial charge in [0.15, 0.2) is 6.10 Å². The summed E-state index contributed by atoms with van der Waals surface area (Å²) >= 11 is 0. The Balaban J connectivity index is 3.93. The van der Waals surface area contributed by atoms with Gasteiger partial charge in [-0.1, -0.05) is 165 Å². The first kappa shape index (κ1) is 52.0. The van der Waals surface area contributed by atoms with Crippen molar-refractivity contribution in [2.45, 2.75) is 213 Å². The Morgan fingerprint density at radius 3 is 1.30 bits per heavy atom. The third-order valence-electron chi connectivity index (χ3n) is 9.32. The van der Waals surface area contributed by atoms with Crippen LogP contribution in [-0.2, 0) is 28.2 Å². The Morgan fingerprint density at radius 2 is 0.833 bits per heavy atom. The SMILES string of the molecule is CCCCC/C=C\C/C=C\C/C=C\CCCCCCC(=O)O[C@H](COC(=O)CCCCCCCCCCC/C=C\CCCCCCCC)COP(=O)(O)O. The van der Waals surface area contributed by atoms with E-state index in [0.29, 0.717) is 6.42 Å². The van der Waals surface area contributed by atoms with Crippen molar-refractivity contribution in [2.75, 3.05) is 13.2 Å². The summed E-state index contributed by atoms with van der Waals surface area (Å²) in [7, 11) is -4.76. The van der Waals surface area contributed by atoms with Gasteiger partial charge in [-0.2, -0.15) is 0 Å². The molecule has 0 aliphatic carbocycles. The van der Waals surface area contributed by atoms with Gasteiger partial charge in [0.05, 0.1) is 6.61 Å². The second-order valence-electron chi connectivity index (χ2n) is 14.7. The average molecular weight is 781 g/mol. The highest BCUT2D eigenvalue weighted by atomic mass is 31.2. The molecule has 1 atom stereocenters. The molecule has 0 fully saturated rings. The molecule has 0 unspecified atom stereocenters. The van der Waals surface area contributed by atoms with Crippen LogP contribution < -0.4 is 0 Å². The van der Waals surface area contributed by atoms with Crippen LogP contribution in [0.15, 0.2) is 48.6 Å². The van der Waals surface area contributed by atoms with E-state index >= 15 is 0 Å². The number of hydrogen-bond donors (Lipinski definition) is 2. The van der Waals surface area contributed by atoms with Crippen molar-refractivity contribution >= 4 is 19.8 Å². The molecule has 54 heavy (non-hydrogen) atoms. The normalized spacial score (nSPS) is 12.9. The summed E-state index contributed by atoms with van der Waals surface area (Å²) in [6.07, 6.45) is 49.7. The fourth-order valence-corrected chi connectivity index (χ4v) is 6.38. The molecule has 0 bridgehead atoms. The van der Waals surface area contributed by atoms with E-state index in [1.807, 2.05) is 0 Å². The minimum atomic E-state index is -4.76. The molecule has 8 nitrogen and oxygen atoms in total. The molecule has 0 aromatic carbocycles. The highest BCUT2D eigenvalue weighted by Crippen LogP contribution is 2.36. The first-order valence-corrected chi connectivity index (χ1v) is 23.5. The van der Waals surface area contributed by atoms with Crippen molar-refractivity contribution in [1.82, 2.24) is 0 Å². The summed E-state index contributed by atoms with van der Waals surface area (Å²) in [4.78, 5) is 42.9. The fourth-order valence-electron chi connectivity index (χ4n) is 6.02. The number of unbranched alkanes of at least 4 members (excludes halogenated alkanes) is 22. The van der Waals surface area contributed by atoms with Crippen LogP contribution >= 0.6 is 7.82 Å². The van der Waals surface area contributed by atoms with E-state index in [9.17, 15) is 14.2 Å². The molecule has 0 aliphatic heterocycles. The van der Waals surface area contributed by atoms with Crippen molar-refractivity contribution in [3.63, 3.8) is 0 Å². The van der Waals surface area contributed by atoms with Crippen molar-refractivity contribution in [3.05, 3.63) is 48.6 Å². The number of hydrogen-bond acceptors (Lipinski definition) is 6. The zero-order valence-electron chi connectivity index (χ0n) is 34.6. The molecule has 314 valence electrons. The maximum absolute atomic E-state index is 12.4. The molecular formula is C45H81O8P. The zero-order chi connectivity index (χ0) is 39.6. The standard InChI is InChI=1S/C45H81O8P/c1-3-5-7-9-11-13-15-17-19-21-22-24-25-27-29-31-33-35-37-39-44(46)51-41-43(42-52-54(48,49)50)53-45(47)40-38-36-34-32-30-28-26-23-20-18-16-14-12-10-8-6-4-2/h12,14,17-20,26,28,43H,3-11,13,15-16,21-25,27,29-42H2,1-2H3,(H2,48,49,50)/b14-12-,19-17-,20-18-,28-26-/t43-/m1/s1. The summed E-state index contributed by atoms with van der Waals surface area (Å²) < 4.78 is 26.4. The van der Waals surface area contributed by atoms with Crippen LogP contribution in [0.1, 0.15) is 206 Å². The van der Waals surface area contributed by atoms with E-state index in [1.54, 1.807) is 0 Å². The molecule has 0 rings (SSSR count). The predicted octanol–water partition coefficient (Wildman–Crippen LogP) is 13.5. The van der Waals surface area contributed by atoms with Crippen molar-refractivity contribution in [2.24, 2.45) is 0 Å². The Kier molecular flexibility index (Phi) is 39.2. The fraction of sp³-hybridized carbons (Fsp3) is 0.778. The van der Waals surface area contributed by atoms with Crippen LogP contribution in [0.3, 0.4) is 0 Å². The van der Waals surface area contributed by atoms with Gasteiger partial charge < -0.3 is 19.3 Å². The monoisotopic (exact) mass is 781 g/mol. The molecule has 0 aromatic rings. The molecular weight excluding hydrogens is 699 g/mol. The van der Waals surface area contributed by atoms with Crippen LogP contribution in [0.4, 0.5) is 0 Å². The van der Waals surface area contributed by atoms with Crippen LogP contribution in [-0.4, -0.2) is 41.0 Å². The molecule has 0 aliphatic rings. The van der Waals surface area contributed by atoms with Gasteiger partial charge in [0.2, 0.25) is 0 Å². The van der Waals surface area contributed by atoms with Crippen LogP contribution in [0.5, 0.6) is 0 Å². The van der Waals surface area contributed by atoms with Gasteiger partial charge in [-0.3, -0.25) is 14.1 Å². The molecule has 0 radical (unpaired) electrons. The molecule has 0 amide bonds. The zero-order valence-corrected chi connectivity index (χ0v) is 35.5. The number of ether oxygens (including phenoxy) is 2. The third-order valence-corrected chi connectivity index (χ3v) is 9.81. The third kappa shape index (κ3) is 42.7. The van der Waals surface area contributed by atoms with Crippen molar-refractivity contribution in [3.8, 4) is 0 Å². The van der Waals surface area contributed by atoms with Gasteiger partial charge in [0.1, 0.15) is 6.61 Å². The van der Waals surface area contributed by atoms with E-state index in [0.717, 1.165) is 64.2 Å². The first-order chi connectivity index (χ1) is 26.3. The highest BCUT2D eigenvalue weighted by Gasteiger charge is 2.22.